The van der Waals surface area contributed by atoms with Crippen molar-refractivity contribution in [1.29, 1.82) is 0 Å². The Morgan fingerprint density at radius 2 is 1.74 bits per heavy atom. The zero-order valence-corrected chi connectivity index (χ0v) is 10.2. The topological polar surface area (TPSA) is 46.3 Å². The molecule has 3 nitrogen and oxygen atoms in total. The maximum Gasteiger partial charge on any atom is 0.261 e. The van der Waals surface area contributed by atoms with E-state index >= 15 is 0 Å². The average Bonchev–Trinajstić information content (AvgIpc) is 2.41. The molecule has 0 radical (unpaired) electrons. The molecule has 5 heteroatoms. The molecular weight excluding hydrogens is 250 g/mol. The molecule has 0 bridgehead atoms. The first-order valence-electron chi connectivity index (χ1n) is 5.58. The highest BCUT2D eigenvalue weighted by Gasteiger charge is 2.18. The molecule has 0 saturated heterocycles. The van der Waals surface area contributed by atoms with Crippen molar-refractivity contribution in [2.45, 2.75) is 0 Å². The Balaban J connectivity index is 2.33. The van der Waals surface area contributed by atoms with E-state index in [1.165, 1.54) is 54.4 Å². The van der Waals surface area contributed by atoms with Crippen LogP contribution in [0.3, 0.4) is 0 Å². The third kappa shape index (κ3) is 2.54. The van der Waals surface area contributed by atoms with Crippen LogP contribution in [0.25, 0.3) is 0 Å². The summed E-state index contributed by atoms with van der Waals surface area (Å²) in [5.74, 6) is -1.70. The fourth-order valence-corrected chi connectivity index (χ4v) is 1.68. The summed E-state index contributed by atoms with van der Waals surface area (Å²) in [6.45, 7) is 0. The summed E-state index contributed by atoms with van der Waals surface area (Å²) in [5.41, 5.74) is 5.68. The van der Waals surface area contributed by atoms with E-state index < -0.39 is 17.5 Å². The molecule has 0 fully saturated rings. The van der Waals surface area contributed by atoms with Gasteiger partial charge in [0.2, 0.25) is 0 Å². The lowest BCUT2D eigenvalue weighted by atomic mass is 10.1. The zero-order valence-electron chi connectivity index (χ0n) is 10.2. The number of amides is 1. The van der Waals surface area contributed by atoms with Gasteiger partial charge < -0.3 is 10.6 Å². The molecule has 0 aromatic heterocycles. The van der Waals surface area contributed by atoms with E-state index in [-0.39, 0.29) is 11.3 Å². The van der Waals surface area contributed by atoms with Gasteiger partial charge in [-0.1, -0.05) is 6.07 Å². The Bertz CT molecular complexity index is 611. The molecule has 0 aliphatic rings. The number of carbonyl (C=O) groups is 1. The van der Waals surface area contributed by atoms with Crippen LogP contribution >= 0.6 is 0 Å². The van der Waals surface area contributed by atoms with Crippen LogP contribution in [0.1, 0.15) is 10.4 Å². The number of hydrogen-bond acceptors (Lipinski definition) is 2. The van der Waals surface area contributed by atoms with Gasteiger partial charge in [0.1, 0.15) is 5.82 Å². The number of nitrogens with zero attached hydrogens (tertiary/aromatic N) is 1. The highest BCUT2D eigenvalue weighted by atomic mass is 19.1. The van der Waals surface area contributed by atoms with Gasteiger partial charge in [0.05, 0.1) is 11.3 Å². The molecule has 0 unspecified atom stereocenters. The minimum Gasteiger partial charge on any atom is -0.396 e. The Morgan fingerprint density at radius 1 is 1.11 bits per heavy atom. The van der Waals surface area contributed by atoms with Gasteiger partial charge in [-0.05, 0) is 36.4 Å². The van der Waals surface area contributed by atoms with Crippen molar-refractivity contribution in [2.75, 3.05) is 17.7 Å². The molecule has 0 heterocycles. The monoisotopic (exact) mass is 262 g/mol. The minimum atomic E-state index is -0.749. The number of carbonyl (C=O) groups excluding carboxylic acids is 1. The molecule has 1 amide bonds. The fourth-order valence-electron chi connectivity index (χ4n) is 1.68. The van der Waals surface area contributed by atoms with Crippen LogP contribution in [-0.2, 0) is 0 Å². The van der Waals surface area contributed by atoms with Crippen molar-refractivity contribution in [3.8, 4) is 0 Å². The van der Waals surface area contributed by atoms with Gasteiger partial charge in [-0.2, -0.15) is 0 Å². The van der Waals surface area contributed by atoms with E-state index in [4.69, 9.17) is 5.73 Å². The molecule has 0 saturated carbocycles. The third-order valence-electron chi connectivity index (χ3n) is 2.78. The average molecular weight is 262 g/mol. The molecule has 0 aliphatic carbocycles. The first-order valence-corrected chi connectivity index (χ1v) is 5.58. The van der Waals surface area contributed by atoms with Crippen LogP contribution in [0.2, 0.25) is 0 Å². The highest BCUT2D eigenvalue weighted by molar-refractivity contribution is 6.06. The smallest absolute Gasteiger partial charge is 0.261 e. The molecule has 2 aromatic carbocycles. The molecule has 0 aliphatic heterocycles. The Hall–Kier alpha value is -2.43. The van der Waals surface area contributed by atoms with Crippen molar-refractivity contribution in [1.82, 2.24) is 0 Å². The molecule has 0 spiro atoms. The van der Waals surface area contributed by atoms with Gasteiger partial charge in [0.15, 0.2) is 5.82 Å². The van der Waals surface area contributed by atoms with Crippen molar-refractivity contribution in [3.05, 3.63) is 59.7 Å². The maximum absolute atomic E-state index is 13.8. The number of hydrogen-bond donors (Lipinski definition) is 1. The molecule has 0 atom stereocenters. The van der Waals surface area contributed by atoms with Crippen LogP contribution in [0.5, 0.6) is 0 Å². The lowest BCUT2D eigenvalue weighted by molar-refractivity contribution is 0.0989. The van der Waals surface area contributed by atoms with Gasteiger partial charge in [0.25, 0.3) is 5.91 Å². The molecular formula is C14H12F2N2O. The SMILES string of the molecule is CN(C(=O)c1cccc(N)c1F)c1ccc(F)cc1. The van der Waals surface area contributed by atoms with Crippen molar-refractivity contribution >= 4 is 17.3 Å². The van der Waals surface area contributed by atoms with Crippen LogP contribution in [0, 0.1) is 11.6 Å². The van der Waals surface area contributed by atoms with Crippen LogP contribution < -0.4 is 10.6 Å². The first kappa shape index (κ1) is 13.0. The number of nitrogen functional groups attached to an aromatic ring is 1. The van der Waals surface area contributed by atoms with Crippen molar-refractivity contribution in [2.24, 2.45) is 0 Å². The summed E-state index contributed by atoms with van der Waals surface area (Å²) in [6, 6.07) is 9.58. The zero-order chi connectivity index (χ0) is 14.0. The second-order valence-electron chi connectivity index (χ2n) is 4.05. The summed E-state index contributed by atoms with van der Waals surface area (Å²) in [5, 5.41) is 0. The number of nitrogens with two attached hydrogens (primary N) is 1. The number of halogens is 2. The van der Waals surface area contributed by atoms with Crippen molar-refractivity contribution < 1.29 is 13.6 Å². The van der Waals surface area contributed by atoms with E-state index in [0.29, 0.717) is 5.69 Å². The predicted molar refractivity (Wildman–Crippen MR) is 69.9 cm³/mol. The van der Waals surface area contributed by atoms with E-state index in [1.807, 2.05) is 0 Å². The third-order valence-corrected chi connectivity index (χ3v) is 2.78. The molecule has 2 rings (SSSR count). The molecule has 2 aromatic rings. The number of anilines is 2. The largest absolute Gasteiger partial charge is 0.396 e. The summed E-state index contributed by atoms with van der Waals surface area (Å²) in [6.07, 6.45) is 0. The van der Waals surface area contributed by atoms with Gasteiger partial charge in [-0.15, -0.1) is 0 Å². The summed E-state index contributed by atoms with van der Waals surface area (Å²) >= 11 is 0. The Kier molecular flexibility index (Phi) is 3.46. The van der Waals surface area contributed by atoms with E-state index in [0.717, 1.165) is 0 Å². The Labute approximate surface area is 109 Å². The molecule has 19 heavy (non-hydrogen) atoms. The first-order chi connectivity index (χ1) is 9.00. The van der Waals surface area contributed by atoms with Gasteiger partial charge in [-0.25, -0.2) is 8.78 Å². The lowest BCUT2D eigenvalue weighted by Gasteiger charge is -2.18. The predicted octanol–water partition coefficient (Wildman–Crippen LogP) is 2.82. The van der Waals surface area contributed by atoms with E-state index in [9.17, 15) is 13.6 Å². The van der Waals surface area contributed by atoms with Gasteiger partial charge in [-0.3, -0.25) is 4.79 Å². The molecule has 2 N–H and O–H groups in total. The number of rotatable bonds is 2. The fraction of sp³-hybridized carbons (Fsp3) is 0.0714. The quantitative estimate of drug-likeness (QED) is 0.846. The second-order valence-corrected chi connectivity index (χ2v) is 4.05. The van der Waals surface area contributed by atoms with Crippen LogP contribution in [0.15, 0.2) is 42.5 Å². The minimum absolute atomic E-state index is 0.0849. The van der Waals surface area contributed by atoms with E-state index in [2.05, 4.69) is 0 Å². The standard InChI is InChI=1S/C14H12F2N2O/c1-18(10-7-5-9(15)6-8-10)14(19)11-3-2-4-12(17)13(11)16/h2-8H,17H2,1H3. The Morgan fingerprint density at radius 3 is 2.37 bits per heavy atom. The summed E-state index contributed by atoms with van der Waals surface area (Å²) < 4.78 is 26.6. The van der Waals surface area contributed by atoms with Crippen LogP contribution in [-0.4, -0.2) is 13.0 Å². The second kappa shape index (κ2) is 5.06. The van der Waals surface area contributed by atoms with Crippen LogP contribution in [0.4, 0.5) is 20.2 Å². The lowest BCUT2D eigenvalue weighted by Crippen LogP contribution is -2.27. The highest BCUT2D eigenvalue weighted by Crippen LogP contribution is 2.20. The summed E-state index contributed by atoms with van der Waals surface area (Å²) in [7, 11) is 1.48. The van der Waals surface area contributed by atoms with Gasteiger partial charge >= 0.3 is 0 Å². The van der Waals surface area contributed by atoms with E-state index in [1.54, 1.807) is 0 Å². The van der Waals surface area contributed by atoms with Crippen molar-refractivity contribution in [3.63, 3.8) is 0 Å². The maximum atomic E-state index is 13.8. The normalized spacial score (nSPS) is 10.3. The number of benzene rings is 2. The summed E-state index contributed by atoms with van der Waals surface area (Å²) in [4.78, 5) is 13.4. The molecule has 98 valence electrons. The van der Waals surface area contributed by atoms with Gasteiger partial charge in [0, 0.05) is 12.7 Å².